The number of fused-ring (bicyclic) bond motifs is 1. The second-order valence-electron chi connectivity index (χ2n) is 6.33. The minimum absolute atomic E-state index is 0.0724. The van der Waals surface area contributed by atoms with Crippen molar-refractivity contribution in [3.05, 3.63) is 35.5 Å². The van der Waals surface area contributed by atoms with E-state index in [1.54, 1.807) is 0 Å². The molecule has 1 aliphatic heterocycles. The Morgan fingerprint density at radius 1 is 1.22 bits per heavy atom. The summed E-state index contributed by atoms with van der Waals surface area (Å²) in [6.45, 7) is 4.08. The summed E-state index contributed by atoms with van der Waals surface area (Å²) in [6.07, 6.45) is 2.36. The van der Waals surface area contributed by atoms with Crippen molar-refractivity contribution in [2.24, 2.45) is 0 Å². The molecule has 6 nitrogen and oxygen atoms in total. The molecule has 6 heteroatoms. The van der Waals surface area contributed by atoms with Crippen molar-refractivity contribution in [1.29, 1.82) is 0 Å². The first-order chi connectivity index (χ1) is 11.2. The van der Waals surface area contributed by atoms with E-state index in [9.17, 15) is 0 Å². The number of benzene rings is 1. The molecule has 4 rings (SSSR count). The molecule has 23 heavy (non-hydrogen) atoms. The molecule has 1 aromatic heterocycles. The maximum absolute atomic E-state index is 5.64. The summed E-state index contributed by atoms with van der Waals surface area (Å²) in [4.78, 5) is 6.73. The van der Waals surface area contributed by atoms with E-state index in [2.05, 4.69) is 35.1 Å². The second-order valence-corrected chi connectivity index (χ2v) is 6.33. The van der Waals surface area contributed by atoms with Crippen LogP contribution in [0.5, 0.6) is 11.5 Å². The van der Waals surface area contributed by atoms with Gasteiger partial charge in [-0.2, -0.15) is 4.98 Å². The van der Waals surface area contributed by atoms with E-state index in [0.717, 1.165) is 23.9 Å². The topological polar surface area (TPSA) is 60.6 Å². The normalized spacial score (nSPS) is 18.2. The van der Waals surface area contributed by atoms with E-state index in [4.69, 9.17) is 14.0 Å². The van der Waals surface area contributed by atoms with Gasteiger partial charge in [0.05, 0.1) is 6.04 Å². The molecule has 0 N–H and O–H groups in total. The second kappa shape index (κ2) is 5.85. The molecule has 122 valence electrons. The smallest absolute Gasteiger partial charge is 0.243 e. The molecule has 1 fully saturated rings. The molecule has 0 amide bonds. The van der Waals surface area contributed by atoms with Crippen LogP contribution in [0.2, 0.25) is 0 Å². The first-order valence-electron chi connectivity index (χ1n) is 8.13. The zero-order valence-corrected chi connectivity index (χ0v) is 13.5. The largest absolute Gasteiger partial charge is 0.486 e. The summed E-state index contributed by atoms with van der Waals surface area (Å²) >= 11 is 0. The van der Waals surface area contributed by atoms with Crippen molar-refractivity contribution in [3.63, 3.8) is 0 Å². The molecule has 0 spiro atoms. The minimum atomic E-state index is 0.0724. The Morgan fingerprint density at radius 3 is 2.78 bits per heavy atom. The van der Waals surface area contributed by atoms with Crippen LogP contribution in [-0.2, 0) is 6.54 Å². The number of hydrogen-bond acceptors (Lipinski definition) is 6. The zero-order chi connectivity index (χ0) is 15.8. The summed E-state index contributed by atoms with van der Waals surface area (Å²) < 4.78 is 16.6. The van der Waals surface area contributed by atoms with Crippen molar-refractivity contribution >= 4 is 0 Å². The Bertz CT molecular complexity index is 696. The van der Waals surface area contributed by atoms with Crippen molar-refractivity contribution < 1.29 is 14.0 Å². The van der Waals surface area contributed by atoms with E-state index < -0.39 is 0 Å². The number of aromatic nitrogens is 2. The minimum Gasteiger partial charge on any atom is -0.486 e. The van der Waals surface area contributed by atoms with Crippen LogP contribution in [0.1, 0.15) is 49.0 Å². The molecule has 1 aromatic carbocycles. The first kappa shape index (κ1) is 14.5. The third kappa shape index (κ3) is 3.03. The van der Waals surface area contributed by atoms with Gasteiger partial charge in [0.25, 0.3) is 0 Å². The van der Waals surface area contributed by atoms with Crippen LogP contribution in [0.3, 0.4) is 0 Å². The third-order valence-electron chi connectivity index (χ3n) is 4.46. The fourth-order valence-corrected chi connectivity index (χ4v) is 2.72. The van der Waals surface area contributed by atoms with Crippen LogP contribution in [0.15, 0.2) is 22.7 Å². The fourth-order valence-electron chi connectivity index (χ4n) is 2.72. The highest BCUT2D eigenvalue weighted by Gasteiger charge is 2.30. The molecular weight excluding hydrogens is 294 g/mol. The van der Waals surface area contributed by atoms with Crippen molar-refractivity contribution in [2.45, 2.75) is 38.3 Å². The summed E-state index contributed by atoms with van der Waals surface area (Å²) in [6, 6.07) is 6.16. The van der Waals surface area contributed by atoms with Gasteiger partial charge in [-0.1, -0.05) is 11.2 Å². The Labute approximate surface area is 135 Å². The lowest BCUT2D eigenvalue weighted by Gasteiger charge is -2.23. The molecular formula is C17H21N3O3. The molecule has 0 bridgehead atoms. The fraction of sp³-hybridized carbons (Fsp3) is 0.529. The first-order valence-corrected chi connectivity index (χ1v) is 8.13. The van der Waals surface area contributed by atoms with Gasteiger partial charge in [0.2, 0.25) is 5.89 Å². The zero-order valence-electron chi connectivity index (χ0n) is 13.5. The number of hydrogen-bond donors (Lipinski definition) is 0. The van der Waals surface area contributed by atoms with Gasteiger partial charge in [0.15, 0.2) is 17.3 Å². The van der Waals surface area contributed by atoms with Crippen LogP contribution < -0.4 is 9.47 Å². The highest BCUT2D eigenvalue weighted by molar-refractivity contribution is 5.43. The SMILES string of the molecule is C[C@@H](c1nc(C2CC2)no1)N(C)Cc1ccc2c(c1)OCCO2. The predicted molar refractivity (Wildman–Crippen MR) is 83.6 cm³/mol. The van der Waals surface area contributed by atoms with Gasteiger partial charge in [0, 0.05) is 12.5 Å². The maximum Gasteiger partial charge on any atom is 0.243 e. The van der Waals surface area contributed by atoms with Crippen LogP contribution in [-0.4, -0.2) is 35.3 Å². The van der Waals surface area contributed by atoms with E-state index in [1.807, 2.05) is 12.1 Å². The van der Waals surface area contributed by atoms with Gasteiger partial charge in [-0.15, -0.1) is 0 Å². The molecule has 2 heterocycles. The molecule has 1 saturated carbocycles. The third-order valence-corrected chi connectivity index (χ3v) is 4.46. The lowest BCUT2D eigenvalue weighted by molar-refractivity contribution is 0.170. The van der Waals surface area contributed by atoms with Crippen LogP contribution in [0.25, 0.3) is 0 Å². The summed E-state index contributed by atoms with van der Waals surface area (Å²) in [5, 5.41) is 4.10. The standard InChI is InChI=1S/C17H21N3O3/c1-11(17-18-16(19-23-17)13-4-5-13)20(2)10-12-3-6-14-15(9-12)22-8-7-21-14/h3,6,9,11,13H,4-5,7-8,10H2,1-2H3/t11-/m0/s1. The molecule has 1 atom stereocenters. The molecule has 0 radical (unpaired) electrons. The summed E-state index contributed by atoms with van der Waals surface area (Å²) in [5.74, 6) is 3.71. The molecule has 1 aliphatic carbocycles. The lowest BCUT2D eigenvalue weighted by Crippen LogP contribution is -2.22. The van der Waals surface area contributed by atoms with Gasteiger partial charge in [-0.25, -0.2) is 0 Å². The van der Waals surface area contributed by atoms with Gasteiger partial charge in [-0.3, -0.25) is 4.90 Å². The monoisotopic (exact) mass is 315 g/mol. The molecule has 0 unspecified atom stereocenters. The van der Waals surface area contributed by atoms with E-state index in [-0.39, 0.29) is 6.04 Å². The van der Waals surface area contributed by atoms with Crippen molar-refractivity contribution in [3.8, 4) is 11.5 Å². The summed E-state index contributed by atoms with van der Waals surface area (Å²) in [7, 11) is 2.06. The predicted octanol–water partition coefficient (Wildman–Crippen LogP) is 2.91. The highest BCUT2D eigenvalue weighted by atomic mass is 16.6. The number of ether oxygens (including phenoxy) is 2. The van der Waals surface area contributed by atoms with Crippen LogP contribution in [0.4, 0.5) is 0 Å². The number of nitrogens with zero attached hydrogens (tertiary/aromatic N) is 3. The average Bonchev–Trinajstić information content (AvgIpc) is 3.31. The lowest BCUT2D eigenvalue weighted by atomic mass is 10.1. The number of rotatable bonds is 5. The van der Waals surface area contributed by atoms with Gasteiger partial charge >= 0.3 is 0 Å². The Hall–Kier alpha value is -2.08. The van der Waals surface area contributed by atoms with Gasteiger partial charge in [0.1, 0.15) is 13.2 Å². The highest BCUT2D eigenvalue weighted by Crippen LogP contribution is 2.38. The van der Waals surface area contributed by atoms with E-state index in [0.29, 0.717) is 25.0 Å². The Morgan fingerprint density at radius 2 is 2.00 bits per heavy atom. The van der Waals surface area contributed by atoms with Gasteiger partial charge in [-0.05, 0) is 44.5 Å². The average molecular weight is 315 g/mol. The molecule has 2 aliphatic rings. The van der Waals surface area contributed by atoms with Crippen molar-refractivity contribution in [1.82, 2.24) is 15.0 Å². The Balaban J connectivity index is 1.44. The van der Waals surface area contributed by atoms with Gasteiger partial charge < -0.3 is 14.0 Å². The molecule has 2 aromatic rings. The van der Waals surface area contributed by atoms with Crippen molar-refractivity contribution in [2.75, 3.05) is 20.3 Å². The van der Waals surface area contributed by atoms with Crippen LogP contribution in [0, 0.1) is 0 Å². The van der Waals surface area contributed by atoms with E-state index >= 15 is 0 Å². The summed E-state index contributed by atoms with van der Waals surface area (Å²) in [5.41, 5.74) is 1.17. The van der Waals surface area contributed by atoms with E-state index in [1.165, 1.54) is 18.4 Å². The molecule has 0 saturated heterocycles. The quantitative estimate of drug-likeness (QED) is 0.845. The Kier molecular flexibility index (Phi) is 3.69. The van der Waals surface area contributed by atoms with Crippen LogP contribution >= 0.6 is 0 Å². The maximum atomic E-state index is 5.64.